The van der Waals surface area contributed by atoms with E-state index in [2.05, 4.69) is 48.3 Å². The third-order valence-corrected chi connectivity index (χ3v) is 4.92. The third-order valence-electron chi connectivity index (χ3n) is 4.92. The molecule has 0 saturated carbocycles. The first-order chi connectivity index (χ1) is 13.5. The van der Waals surface area contributed by atoms with Crippen molar-refractivity contribution in [2.45, 2.75) is 32.4 Å². The van der Waals surface area contributed by atoms with E-state index in [1.165, 1.54) is 11.1 Å². The number of nitrogens with zero attached hydrogens (tertiary/aromatic N) is 1. The van der Waals surface area contributed by atoms with E-state index in [0.29, 0.717) is 12.5 Å². The van der Waals surface area contributed by atoms with Crippen molar-refractivity contribution >= 4 is 11.6 Å². The molecule has 0 radical (unpaired) electrons. The van der Waals surface area contributed by atoms with Crippen LogP contribution < -0.4 is 5.32 Å². The fourth-order valence-corrected chi connectivity index (χ4v) is 3.37. The molecule has 3 nitrogen and oxygen atoms in total. The van der Waals surface area contributed by atoms with Crippen LogP contribution in [0.2, 0.25) is 0 Å². The van der Waals surface area contributed by atoms with E-state index in [9.17, 15) is 4.79 Å². The summed E-state index contributed by atoms with van der Waals surface area (Å²) in [5.41, 5.74) is 4.25. The first-order valence-corrected chi connectivity index (χ1v) is 9.74. The van der Waals surface area contributed by atoms with Gasteiger partial charge in [-0.25, -0.2) is 0 Å². The molecule has 3 heteroatoms. The molecule has 0 heterocycles. The first kappa shape index (κ1) is 19.8. The molecule has 28 heavy (non-hydrogen) atoms. The van der Waals surface area contributed by atoms with Crippen molar-refractivity contribution in [3.8, 4) is 0 Å². The molecule has 3 aromatic carbocycles. The summed E-state index contributed by atoms with van der Waals surface area (Å²) in [6.45, 7) is 5.02. The van der Waals surface area contributed by atoms with Gasteiger partial charge in [0.2, 0.25) is 5.91 Å². The van der Waals surface area contributed by atoms with E-state index in [-0.39, 0.29) is 11.9 Å². The highest BCUT2D eigenvalue weighted by molar-refractivity contribution is 5.95. The van der Waals surface area contributed by atoms with Gasteiger partial charge in [0.25, 0.3) is 0 Å². The number of rotatable bonds is 7. The summed E-state index contributed by atoms with van der Waals surface area (Å²) in [4.78, 5) is 15.3. The van der Waals surface area contributed by atoms with E-state index in [0.717, 1.165) is 11.3 Å². The van der Waals surface area contributed by atoms with Crippen LogP contribution in [0.15, 0.2) is 84.9 Å². The lowest BCUT2D eigenvalue weighted by Gasteiger charge is -2.27. The molecule has 0 fully saturated rings. The summed E-state index contributed by atoms with van der Waals surface area (Å²) < 4.78 is 0. The molecule has 0 saturated heterocycles. The normalized spacial score (nSPS) is 12.2. The quantitative estimate of drug-likeness (QED) is 0.583. The number of benzene rings is 3. The minimum atomic E-state index is -0.369. The maximum absolute atomic E-state index is 13.2. The van der Waals surface area contributed by atoms with E-state index in [1.807, 2.05) is 67.7 Å². The highest BCUT2D eigenvalue weighted by Gasteiger charge is 2.25. The van der Waals surface area contributed by atoms with Crippen molar-refractivity contribution in [3.63, 3.8) is 0 Å². The molecule has 1 atom stereocenters. The summed E-state index contributed by atoms with van der Waals surface area (Å²) in [6.07, 6.45) is 0. The van der Waals surface area contributed by atoms with Crippen LogP contribution >= 0.6 is 0 Å². The Morgan fingerprint density at radius 3 is 1.96 bits per heavy atom. The molecule has 1 amide bonds. The Kier molecular flexibility index (Phi) is 6.62. The van der Waals surface area contributed by atoms with Crippen LogP contribution in [0.5, 0.6) is 0 Å². The van der Waals surface area contributed by atoms with Gasteiger partial charge < -0.3 is 5.32 Å². The highest BCUT2D eigenvalue weighted by atomic mass is 16.2. The molecule has 3 rings (SSSR count). The van der Waals surface area contributed by atoms with Crippen molar-refractivity contribution in [1.82, 2.24) is 4.90 Å². The minimum Gasteiger partial charge on any atom is -0.324 e. The van der Waals surface area contributed by atoms with Crippen molar-refractivity contribution in [2.24, 2.45) is 0 Å². The molecule has 3 aromatic rings. The number of amides is 1. The number of anilines is 1. The van der Waals surface area contributed by atoms with Crippen LogP contribution in [0.4, 0.5) is 5.69 Å². The average Bonchev–Trinajstić information content (AvgIpc) is 2.70. The molecule has 0 bridgehead atoms. The van der Waals surface area contributed by atoms with Gasteiger partial charge in [0.15, 0.2) is 0 Å². The summed E-state index contributed by atoms with van der Waals surface area (Å²) in [7, 11) is 1.99. The predicted octanol–water partition coefficient (Wildman–Crippen LogP) is 5.62. The Morgan fingerprint density at radius 2 is 1.39 bits per heavy atom. The smallest absolute Gasteiger partial charge is 0.246 e. The zero-order valence-corrected chi connectivity index (χ0v) is 16.8. The largest absolute Gasteiger partial charge is 0.324 e. The van der Waals surface area contributed by atoms with Gasteiger partial charge in [0.05, 0.1) is 0 Å². The van der Waals surface area contributed by atoms with Gasteiger partial charge in [-0.05, 0) is 41.8 Å². The van der Waals surface area contributed by atoms with Crippen molar-refractivity contribution < 1.29 is 4.79 Å². The van der Waals surface area contributed by atoms with Crippen LogP contribution in [-0.4, -0.2) is 17.9 Å². The van der Waals surface area contributed by atoms with Gasteiger partial charge in [-0.3, -0.25) is 9.69 Å². The average molecular weight is 373 g/mol. The van der Waals surface area contributed by atoms with Crippen LogP contribution in [-0.2, 0) is 11.3 Å². The first-order valence-electron chi connectivity index (χ1n) is 9.74. The lowest BCUT2D eigenvalue weighted by atomic mass is 10.0. The number of hydrogen-bond acceptors (Lipinski definition) is 2. The van der Waals surface area contributed by atoms with E-state index >= 15 is 0 Å². The Morgan fingerprint density at radius 1 is 0.821 bits per heavy atom. The van der Waals surface area contributed by atoms with Gasteiger partial charge in [-0.2, -0.15) is 0 Å². The molecular formula is C25H28N2O. The van der Waals surface area contributed by atoms with Gasteiger partial charge >= 0.3 is 0 Å². The van der Waals surface area contributed by atoms with Crippen LogP contribution in [0, 0.1) is 0 Å². The van der Waals surface area contributed by atoms with Gasteiger partial charge in [0.1, 0.15) is 6.04 Å². The second kappa shape index (κ2) is 9.34. The standard InChI is InChI=1S/C25H28N2O/c1-19(2)21-14-16-23(17-15-21)26-25(28)24(22-12-8-5-9-13-22)27(3)18-20-10-6-4-7-11-20/h4-17,19,24H,18H2,1-3H3,(H,26,28)/t24-/m1/s1. The second-order valence-electron chi connectivity index (χ2n) is 7.48. The van der Waals surface area contributed by atoms with Crippen molar-refractivity contribution in [2.75, 3.05) is 12.4 Å². The van der Waals surface area contributed by atoms with Crippen LogP contribution in [0.3, 0.4) is 0 Å². The van der Waals surface area contributed by atoms with Gasteiger partial charge in [-0.15, -0.1) is 0 Å². The van der Waals surface area contributed by atoms with E-state index in [1.54, 1.807) is 0 Å². The summed E-state index contributed by atoms with van der Waals surface area (Å²) in [5, 5.41) is 3.09. The Bertz CT molecular complexity index is 873. The summed E-state index contributed by atoms with van der Waals surface area (Å²) in [5.74, 6) is 0.445. The zero-order chi connectivity index (χ0) is 19.9. The third kappa shape index (κ3) is 5.08. The maximum Gasteiger partial charge on any atom is 0.246 e. The Labute approximate surface area is 168 Å². The molecule has 144 valence electrons. The Hall–Kier alpha value is -2.91. The summed E-state index contributed by atoms with van der Waals surface area (Å²) in [6, 6.07) is 27.9. The van der Waals surface area contributed by atoms with Crippen molar-refractivity contribution in [3.05, 3.63) is 102 Å². The topological polar surface area (TPSA) is 32.3 Å². The predicted molar refractivity (Wildman–Crippen MR) is 116 cm³/mol. The monoisotopic (exact) mass is 372 g/mol. The lowest BCUT2D eigenvalue weighted by Crippen LogP contribution is -2.34. The maximum atomic E-state index is 13.2. The molecule has 0 aromatic heterocycles. The fourth-order valence-electron chi connectivity index (χ4n) is 3.37. The van der Waals surface area contributed by atoms with Crippen LogP contribution in [0.1, 0.15) is 42.5 Å². The molecule has 0 aliphatic heterocycles. The second-order valence-corrected chi connectivity index (χ2v) is 7.48. The number of nitrogens with one attached hydrogen (secondary N) is 1. The highest BCUT2D eigenvalue weighted by Crippen LogP contribution is 2.24. The van der Waals surface area contributed by atoms with Crippen LogP contribution in [0.25, 0.3) is 0 Å². The number of likely N-dealkylation sites (N-methyl/N-ethyl adjacent to an activating group) is 1. The summed E-state index contributed by atoms with van der Waals surface area (Å²) >= 11 is 0. The molecule has 0 unspecified atom stereocenters. The SMILES string of the molecule is CC(C)c1ccc(NC(=O)[C@@H](c2ccccc2)N(C)Cc2ccccc2)cc1. The molecule has 0 aliphatic carbocycles. The molecular weight excluding hydrogens is 344 g/mol. The molecule has 0 aliphatic rings. The number of hydrogen-bond donors (Lipinski definition) is 1. The minimum absolute atomic E-state index is 0.0260. The number of carbonyl (C=O) groups excluding carboxylic acids is 1. The molecule has 0 spiro atoms. The Balaban J connectivity index is 1.80. The van der Waals surface area contributed by atoms with E-state index < -0.39 is 0 Å². The van der Waals surface area contributed by atoms with Crippen molar-refractivity contribution in [1.29, 1.82) is 0 Å². The lowest BCUT2D eigenvalue weighted by molar-refractivity contribution is -0.121. The molecule has 1 N–H and O–H groups in total. The van der Waals surface area contributed by atoms with Gasteiger partial charge in [0, 0.05) is 12.2 Å². The van der Waals surface area contributed by atoms with Gasteiger partial charge in [-0.1, -0.05) is 86.6 Å². The zero-order valence-electron chi connectivity index (χ0n) is 16.8. The fraction of sp³-hybridized carbons (Fsp3) is 0.240. The number of carbonyl (C=O) groups is 1. The van der Waals surface area contributed by atoms with E-state index in [4.69, 9.17) is 0 Å².